The van der Waals surface area contributed by atoms with Crippen LogP contribution in [0, 0.1) is 12.8 Å². The summed E-state index contributed by atoms with van der Waals surface area (Å²) < 4.78 is 7.34. The second-order valence-electron chi connectivity index (χ2n) is 7.54. The number of nitrogens with zero attached hydrogens (tertiary/aromatic N) is 3. The Labute approximate surface area is 182 Å². The molecule has 2 aromatic carbocycles. The van der Waals surface area contributed by atoms with Crippen LogP contribution in [0.1, 0.15) is 43.8 Å². The maximum Gasteiger partial charge on any atom is 0.223 e. The van der Waals surface area contributed by atoms with Gasteiger partial charge in [-0.15, -0.1) is 10.2 Å². The molecule has 0 radical (unpaired) electrons. The van der Waals surface area contributed by atoms with Crippen LogP contribution in [-0.2, 0) is 10.5 Å². The van der Waals surface area contributed by atoms with Gasteiger partial charge in [0.25, 0.3) is 0 Å². The number of aromatic nitrogens is 3. The number of benzene rings is 2. The molecular weight excluding hydrogens is 396 g/mol. The number of carbonyl (C=O) groups excluding carboxylic acids is 1. The smallest absolute Gasteiger partial charge is 0.223 e. The van der Waals surface area contributed by atoms with Crippen molar-refractivity contribution in [2.45, 2.75) is 44.6 Å². The predicted octanol–water partition coefficient (Wildman–Crippen LogP) is 4.71. The van der Waals surface area contributed by atoms with Crippen molar-refractivity contribution in [1.82, 2.24) is 20.1 Å². The van der Waals surface area contributed by atoms with E-state index in [2.05, 4.69) is 52.8 Å². The Balaban J connectivity index is 1.91. The van der Waals surface area contributed by atoms with E-state index in [0.29, 0.717) is 5.82 Å². The molecule has 0 bridgehead atoms. The predicted molar refractivity (Wildman–Crippen MR) is 120 cm³/mol. The number of aryl methyl sites for hydroxylation is 1. The van der Waals surface area contributed by atoms with Crippen molar-refractivity contribution in [2.75, 3.05) is 7.11 Å². The maximum atomic E-state index is 12.2. The number of thioether (sulfide) groups is 1. The van der Waals surface area contributed by atoms with Gasteiger partial charge in [-0.05, 0) is 43.7 Å². The fourth-order valence-electron chi connectivity index (χ4n) is 2.95. The summed E-state index contributed by atoms with van der Waals surface area (Å²) in [5.74, 6) is 2.17. The van der Waals surface area contributed by atoms with E-state index in [4.69, 9.17) is 4.74 Å². The third-order valence-corrected chi connectivity index (χ3v) is 5.72. The van der Waals surface area contributed by atoms with Crippen molar-refractivity contribution in [1.29, 1.82) is 0 Å². The van der Waals surface area contributed by atoms with Crippen LogP contribution in [-0.4, -0.2) is 27.8 Å². The molecule has 6 nitrogen and oxygen atoms in total. The molecule has 0 fully saturated rings. The normalized spacial score (nSPS) is 12.1. The summed E-state index contributed by atoms with van der Waals surface area (Å²) in [6, 6.07) is 16.0. The van der Waals surface area contributed by atoms with Crippen molar-refractivity contribution in [2.24, 2.45) is 5.92 Å². The van der Waals surface area contributed by atoms with Gasteiger partial charge in [0.15, 0.2) is 11.0 Å². The van der Waals surface area contributed by atoms with E-state index in [-0.39, 0.29) is 17.9 Å². The van der Waals surface area contributed by atoms with Crippen molar-refractivity contribution >= 4 is 17.7 Å². The number of hydrogen-bond donors (Lipinski definition) is 1. The molecule has 3 aromatic rings. The van der Waals surface area contributed by atoms with Crippen LogP contribution in [0.25, 0.3) is 5.69 Å². The van der Waals surface area contributed by atoms with E-state index >= 15 is 0 Å². The van der Waals surface area contributed by atoms with Crippen LogP contribution >= 0.6 is 11.8 Å². The lowest BCUT2D eigenvalue weighted by atomic mass is 10.2. The van der Waals surface area contributed by atoms with Gasteiger partial charge in [-0.25, -0.2) is 0 Å². The molecule has 1 unspecified atom stereocenters. The van der Waals surface area contributed by atoms with Crippen LogP contribution in [0.2, 0.25) is 0 Å². The highest BCUT2D eigenvalue weighted by molar-refractivity contribution is 7.98. The van der Waals surface area contributed by atoms with Crippen LogP contribution in [0.5, 0.6) is 5.75 Å². The molecule has 0 aliphatic carbocycles. The molecule has 1 N–H and O–H groups in total. The molecule has 0 aliphatic heterocycles. The van der Waals surface area contributed by atoms with E-state index < -0.39 is 0 Å². The highest BCUT2D eigenvalue weighted by Crippen LogP contribution is 2.28. The molecule has 0 aliphatic rings. The molecule has 30 heavy (non-hydrogen) atoms. The van der Waals surface area contributed by atoms with Crippen LogP contribution in [0.3, 0.4) is 0 Å². The molecule has 1 aromatic heterocycles. The van der Waals surface area contributed by atoms with Gasteiger partial charge in [-0.3, -0.25) is 9.36 Å². The third-order valence-electron chi connectivity index (χ3n) is 4.72. The van der Waals surface area contributed by atoms with Gasteiger partial charge < -0.3 is 10.1 Å². The highest BCUT2D eigenvalue weighted by atomic mass is 32.2. The monoisotopic (exact) mass is 424 g/mol. The Kier molecular flexibility index (Phi) is 7.15. The summed E-state index contributed by atoms with van der Waals surface area (Å²) in [7, 11) is 1.67. The summed E-state index contributed by atoms with van der Waals surface area (Å²) in [5.41, 5.74) is 3.29. The van der Waals surface area contributed by atoms with E-state index in [1.54, 1.807) is 18.9 Å². The summed E-state index contributed by atoms with van der Waals surface area (Å²) in [6.45, 7) is 7.75. The van der Waals surface area contributed by atoms with Crippen molar-refractivity contribution in [3.8, 4) is 11.4 Å². The number of hydrogen-bond acceptors (Lipinski definition) is 5. The average molecular weight is 425 g/mol. The van der Waals surface area contributed by atoms with Gasteiger partial charge in [-0.2, -0.15) is 0 Å². The fourth-order valence-corrected chi connectivity index (χ4v) is 3.85. The van der Waals surface area contributed by atoms with E-state index in [0.717, 1.165) is 27.9 Å². The zero-order chi connectivity index (χ0) is 21.7. The van der Waals surface area contributed by atoms with Crippen molar-refractivity contribution in [3.05, 3.63) is 65.5 Å². The minimum absolute atomic E-state index is 0.00783. The summed E-state index contributed by atoms with van der Waals surface area (Å²) in [5, 5.41) is 12.7. The molecule has 3 rings (SSSR count). The second kappa shape index (κ2) is 9.80. The average Bonchev–Trinajstić information content (AvgIpc) is 3.17. The van der Waals surface area contributed by atoms with E-state index in [9.17, 15) is 4.79 Å². The van der Waals surface area contributed by atoms with Gasteiger partial charge in [-0.1, -0.05) is 55.4 Å². The fraction of sp³-hybridized carbons (Fsp3) is 0.348. The molecule has 158 valence electrons. The molecule has 7 heteroatoms. The Hall–Kier alpha value is -2.80. The molecule has 0 spiro atoms. The second-order valence-corrected chi connectivity index (χ2v) is 8.48. The first-order valence-corrected chi connectivity index (χ1v) is 11.0. The molecule has 1 heterocycles. The Morgan fingerprint density at radius 2 is 1.87 bits per heavy atom. The molecule has 1 atom stereocenters. The number of ether oxygens (including phenoxy) is 1. The Morgan fingerprint density at radius 3 is 2.53 bits per heavy atom. The SMILES string of the molecule is COc1cccc(CSc2nnc(C(C)NC(=O)C(C)C)n2-c2ccc(C)cc2)c1. The topological polar surface area (TPSA) is 69.0 Å². The van der Waals surface area contributed by atoms with Gasteiger partial charge in [0, 0.05) is 17.4 Å². The zero-order valence-corrected chi connectivity index (χ0v) is 18.9. The molecular formula is C23H28N4O2S. The van der Waals surface area contributed by atoms with Gasteiger partial charge in [0.2, 0.25) is 5.91 Å². The number of nitrogens with one attached hydrogen (secondary N) is 1. The standard InChI is InChI=1S/C23H28N4O2S/c1-15(2)22(28)24-17(4)21-25-26-23(27(21)19-11-9-16(3)10-12-19)30-14-18-7-6-8-20(13-18)29-5/h6-13,15,17H,14H2,1-5H3,(H,24,28). The Morgan fingerprint density at radius 1 is 1.13 bits per heavy atom. The Bertz CT molecular complexity index is 999. The van der Waals surface area contributed by atoms with Crippen LogP contribution in [0.4, 0.5) is 0 Å². The molecule has 0 saturated carbocycles. The van der Waals surface area contributed by atoms with Crippen LogP contribution < -0.4 is 10.1 Å². The zero-order valence-electron chi connectivity index (χ0n) is 18.0. The number of methoxy groups -OCH3 is 1. The first kappa shape index (κ1) is 21.9. The van der Waals surface area contributed by atoms with Crippen LogP contribution in [0.15, 0.2) is 53.7 Å². The summed E-state index contributed by atoms with van der Waals surface area (Å²) in [6.07, 6.45) is 0. The summed E-state index contributed by atoms with van der Waals surface area (Å²) in [4.78, 5) is 12.2. The first-order valence-electron chi connectivity index (χ1n) is 9.97. The number of amides is 1. The van der Waals surface area contributed by atoms with Crippen molar-refractivity contribution in [3.63, 3.8) is 0 Å². The minimum atomic E-state index is -0.264. The lowest BCUT2D eigenvalue weighted by Crippen LogP contribution is -2.31. The molecule has 0 saturated heterocycles. The van der Waals surface area contributed by atoms with Gasteiger partial charge >= 0.3 is 0 Å². The number of rotatable bonds is 8. The minimum Gasteiger partial charge on any atom is -0.497 e. The first-order chi connectivity index (χ1) is 14.4. The summed E-state index contributed by atoms with van der Waals surface area (Å²) >= 11 is 1.60. The third kappa shape index (κ3) is 5.21. The van der Waals surface area contributed by atoms with Crippen molar-refractivity contribution < 1.29 is 9.53 Å². The van der Waals surface area contributed by atoms with Gasteiger partial charge in [0.1, 0.15) is 5.75 Å². The van der Waals surface area contributed by atoms with Gasteiger partial charge in [0.05, 0.1) is 13.2 Å². The quantitative estimate of drug-likeness (QED) is 0.531. The van der Waals surface area contributed by atoms with E-state index in [1.807, 2.05) is 43.5 Å². The maximum absolute atomic E-state index is 12.2. The van der Waals surface area contributed by atoms with E-state index in [1.165, 1.54) is 5.56 Å². The highest BCUT2D eigenvalue weighted by Gasteiger charge is 2.22. The lowest BCUT2D eigenvalue weighted by Gasteiger charge is -2.17. The largest absolute Gasteiger partial charge is 0.497 e. The number of carbonyl (C=O) groups is 1. The lowest BCUT2D eigenvalue weighted by molar-refractivity contribution is -0.124. The molecule has 1 amide bonds.